The summed E-state index contributed by atoms with van der Waals surface area (Å²) in [5, 5.41) is 10.1. The summed E-state index contributed by atoms with van der Waals surface area (Å²) in [5.41, 5.74) is 0.675. The zero-order valence-corrected chi connectivity index (χ0v) is 15.1. The van der Waals surface area contributed by atoms with Crippen LogP contribution >= 0.6 is 0 Å². The molecule has 2 rings (SSSR count). The van der Waals surface area contributed by atoms with Gasteiger partial charge in [0.2, 0.25) is 0 Å². The number of methoxy groups -OCH3 is 1. The largest absolute Gasteiger partial charge is 0.494 e. The summed E-state index contributed by atoms with van der Waals surface area (Å²) in [7, 11) is 1.56. The molecule has 1 N–H and O–H groups in total. The number of aliphatic hydroxyl groups is 1. The van der Waals surface area contributed by atoms with Crippen molar-refractivity contribution in [1.29, 1.82) is 0 Å². The Hall–Kier alpha value is -1.37. The number of hydrogen-bond donors (Lipinski definition) is 1. The number of benzene rings is 1. The van der Waals surface area contributed by atoms with Gasteiger partial charge in [0.1, 0.15) is 11.6 Å². The van der Waals surface area contributed by atoms with E-state index < -0.39 is 6.10 Å². The molecule has 1 aromatic carbocycles. The van der Waals surface area contributed by atoms with E-state index in [1.807, 2.05) is 20.8 Å². The van der Waals surface area contributed by atoms with Gasteiger partial charge >= 0.3 is 0 Å². The minimum Gasteiger partial charge on any atom is -0.494 e. The molecule has 0 radical (unpaired) electrons. The quantitative estimate of drug-likeness (QED) is 0.860. The number of aliphatic hydroxyl groups excluding tert-OH is 1. The van der Waals surface area contributed by atoms with Crippen LogP contribution in [0.15, 0.2) is 18.2 Å². The number of anilines is 1. The average Bonchev–Trinajstić information content (AvgIpc) is 2.53. The van der Waals surface area contributed by atoms with Gasteiger partial charge in [-0.2, -0.15) is 0 Å². The van der Waals surface area contributed by atoms with Crippen LogP contribution in [0.5, 0.6) is 5.75 Å². The van der Waals surface area contributed by atoms with E-state index >= 15 is 0 Å². The third kappa shape index (κ3) is 5.61. The lowest BCUT2D eigenvalue weighted by atomic mass is 10.2. The van der Waals surface area contributed by atoms with Crippen molar-refractivity contribution in [1.82, 2.24) is 4.90 Å². The first kappa shape index (κ1) is 19.0. The Morgan fingerprint density at radius 1 is 1.21 bits per heavy atom. The van der Waals surface area contributed by atoms with Gasteiger partial charge in [-0.1, -0.05) is 0 Å². The second-order valence-electron chi connectivity index (χ2n) is 7.18. The highest BCUT2D eigenvalue weighted by Crippen LogP contribution is 2.29. The van der Waals surface area contributed by atoms with Gasteiger partial charge in [-0.05, 0) is 32.9 Å². The second-order valence-corrected chi connectivity index (χ2v) is 7.18. The average molecular weight is 340 g/mol. The molecule has 1 heterocycles. The monoisotopic (exact) mass is 340 g/mol. The van der Waals surface area contributed by atoms with Gasteiger partial charge < -0.3 is 19.5 Å². The zero-order valence-electron chi connectivity index (χ0n) is 15.1. The SMILES string of the molecule is COc1cc(F)ccc1N1CCN(CC(O)COC(C)(C)C)CC1. The minimum atomic E-state index is -0.490. The van der Waals surface area contributed by atoms with Crippen LogP contribution in [-0.4, -0.2) is 68.2 Å². The normalized spacial score (nSPS) is 17.8. The van der Waals surface area contributed by atoms with Crippen molar-refractivity contribution in [3.8, 4) is 5.75 Å². The van der Waals surface area contributed by atoms with Crippen LogP contribution in [0.2, 0.25) is 0 Å². The molecular weight excluding hydrogens is 311 g/mol. The maximum Gasteiger partial charge on any atom is 0.145 e. The molecule has 0 aromatic heterocycles. The summed E-state index contributed by atoms with van der Waals surface area (Å²) < 4.78 is 24.2. The second kappa shape index (κ2) is 8.14. The molecule has 1 fully saturated rings. The van der Waals surface area contributed by atoms with Crippen molar-refractivity contribution in [2.75, 3.05) is 51.3 Å². The highest BCUT2D eigenvalue weighted by atomic mass is 19.1. The fourth-order valence-corrected chi connectivity index (χ4v) is 2.78. The van der Waals surface area contributed by atoms with Gasteiger partial charge in [-0.25, -0.2) is 4.39 Å². The Morgan fingerprint density at radius 2 is 1.88 bits per heavy atom. The molecule has 1 aliphatic heterocycles. The van der Waals surface area contributed by atoms with Gasteiger partial charge in [0, 0.05) is 38.8 Å². The molecule has 5 nitrogen and oxygen atoms in total. The van der Waals surface area contributed by atoms with Gasteiger partial charge in [0.05, 0.1) is 31.1 Å². The summed E-state index contributed by atoms with van der Waals surface area (Å²) in [4.78, 5) is 4.41. The van der Waals surface area contributed by atoms with E-state index in [9.17, 15) is 9.50 Å². The van der Waals surface area contributed by atoms with Gasteiger partial charge in [-0.3, -0.25) is 4.90 Å². The van der Waals surface area contributed by atoms with Crippen LogP contribution in [0.4, 0.5) is 10.1 Å². The number of β-amino-alcohol motifs (C(OH)–C–C–N with tert-alkyl or cyclic N) is 1. The maximum absolute atomic E-state index is 13.3. The van der Waals surface area contributed by atoms with E-state index in [1.165, 1.54) is 12.1 Å². The number of nitrogens with zero attached hydrogens (tertiary/aromatic N) is 2. The lowest BCUT2D eigenvalue weighted by molar-refractivity contribution is -0.0563. The Morgan fingerprint density at radius 3 is 2.46 bits per heavy atom. The van der Waals surface area contributed by atoms with Crippen LogP contribution in [0.3, 0.4) is 0 Å². The Labute approximate surface area is 144 Å². The van der Waals surface area contributed by atoms with Crippen molar-refractivity contribution < 1.29 is 19.0 Å². The van der Waals surface area contributed by atoms with E-state index in [4.69, 9.17) is 9.47 Å². The van der Waals surface area contributed by atoms with E-state index in [2.05, 4.69) is 9.80 Å². The van der Waals surface area contributed by atoms with Crippen LogP contribution in [0.25, 0.3) is 0 Å². The molecular formula is C18H29FN2O3. The zero-order chi connectivity index (χ0) is 17.7. The van der Waals surface area contributed by atoms with Crippen LogP contribution in [-0.2, 0) is 4.74 Å². The molecule has 6 heteroatoms. The van der Waals surface area contributed by atoms with Gasteiger partial charge in [0.15, 0.2) is 0 Å². The van der Waals surface area contributed by atoms with Crippen molar-refractivity contribution in [3.63, 3.8) is 0 Å². The number of rotatable bonds is 6. The topological polar surface area (TPSA) is 45.2 Å². The summed E-state index contributed by atoms with van der Waals surface area (Å²) >= 11 is 0. The molecule has 1 aromatic rings. The lowest BCUT2D eigenvalue weighted by Crippen LogP contribution is -2.49. The minimum absolute atomic E-state index is 0.237. The Balaban J connectivity index is 1.83. The molecule has 0 bridgehead atoms. The first-order valence-corrected chi connectivity index (χ1v) is 8.41. The molecule has 1 saturated heterocycles. The number of piperazine rings is 1. The number of halogens is 1. The molecule has 24 heavy (non-hydrogen) atoms. The summed E-state index contributed by atoms with van der Waals surface area (Å²) in [6, 6.07) is 4.63. The standard InChI is InChI=1S/C18H29FN2O3/c1-18(2,3)24-13-15(22)12-20-7-9-21(10-8-20)16-6-5-14(19)11-17(16)23-4/h5-6,11,15,22H,7-10,12-13H2,1-4H3. The summed E-state index contributed by atoms with van der Waals surface area (Å²) in [6.07, 6.45) is -0.490. The molecule has 136 valence electrons. The van der Waals surface area contributed by atoms with E-state index in [1.54, 1.807) is 13.2 Å². The van der Waals surface area contributed by atoms with Crippen molar-refractivity contribution >= 4 is 5.69 Å². The van der Waals surface area contributed by atoms with Gasteiger partial charge in [-0.15, -0.1) is 0 Å². The first-order valence-electron chi connectivity index (χ1n) is 8.41. The lowest BCUT2D eigenvalue weighted by Gasteiger charge is -2.37. The third-order valence-electron chi connectivity index (χ3n) is 4.03. The van der Waals surface area contributed by atoms with E-state index in [-0.39, 0.29) is 11.4 Å². The molecule has 0 amide bonds. The third-order valence-corrected chi connectivity index (χ3v) is 4.03. The van der Waals surface area contributed by atoms with Crippen molar-refractivity contribution in [2.45, 2.75) is 32.5 Å². The van der Waals surface area contributed by atoms with E-state index in [0.717, 1.165) is 31.9 Å². The molecule has 1 aliphatic rings. The highest BCUT2D eigenvalue weighted by Gasteiger charge is 2.22. The molecule has 1 atom stereocenters. The van der Waals surface area contributed by atoms with Gasteiger partial charge in [0.25, 0.3) is 0 Å². The molecule has 1 unspecified atom stereocenters. The molecule has 0 saturated carbocycles. The fourth-order valence-electron chi connectivity index (χ4n) is 2.78. The van der Waals surface area contributed by atoms with E-state index in [0.29, 0.717) is 18.9 Å². The maximum atomic E-state index is 13.3. The number of ether oxygens (including phenoxy) is 2. The molecule has 0 spiro atoms. The van der Waals surface area contributed by atoms with Crippen molar-refractivity contribution in [2.24, 2.45) is 0 Å². The predicted octanol–water partition coefficient (Wildman–Crippen LogP) is 2.13. The highest BCUT2D eigenvalue weighted by molar-refractivity contribution is 5.58. The smallest absolute Gasteiger partial charge is 0.145 e. The first-order chi connectivity index (χ1) is 11.3. The Kier molecular flexibility index (Phi) is 6.43. The van der Waals surface area contributed by atoms with Crippen LogP contribution in [0, 0.1) is 5.82 Å². The molecule has 0 aliphatic carbocycles. The fraction of sp³-hybridized carbons (Fsp3) is 0.667. The van der Waals surface area contributed by atoms with Crippen molar-refractivity contribution in [3.05, 3.63) is 24.0 Å². The number of hydrogen-bond acceptors (Lipinski definition) is 5. The summed E-state index contributed by atoms with van der Waals surface area (Å²) in [5.74, 6) is 0.262. The van der Waals surface area contributed by atoms with Crippen LogP contribution < -0.4 is 9.64 Å². The summed E-state index contributed by atoms with van der Waals surface area (Å²) in [6.45, 7) is 10.2. The predicted molar refractivity (Wildman–Crippen MR) is 93.3 cm³/mol. The Bertz CT molecular complexity index is 525. The van der Waals surface area contributed by atoms with Crippen LogP contribution in [0.1, 0.15) is 20.8 Å².